The standard InChI is InChI=1S/C22H18N4O3/c1-28-17-10-14(11-18(29-2)21(17)27)19-20-16(6-8-24-19)25-22(26-20)13-3-4-15-12(9-13)5-7-23-15/h3-11,23,27H,1-2H3,(H,25,26). The van der Waals surface area contributed by atoms with Gasteiger partial charge in [-0.1, -0.05) is 0 Å². The Kier molecular flexibility index (Phi) is 3.87. The third kappa shape index (κ3) is 2.75. The number of benzene rings is 2. The fourth-order valence-electron chi connectivity index (χ4n) is 3.51. The zero-order chi connectivity index (χ0) is 20.0. The van der Waals surface area contributed by atoms with Gasteiger partial charge >= 0.3 is 0 Å². The lowest BCUT2D eigenvalue weighted by molar-refractivity contribution is 0.340. The van der Waals surface area contributed by atoms with Gasteiger partial charge < -0.3 is 24.5 Å². The largest absolute Gasteiger partial charge is 0.502 e. The zero-order valence-corrected chi connectivity index (χ0v) is 15.9. The number of aromatic hydroxyl groups is 1. The van der Waals surface area contributed by atoms with Crippen molar-refractivity contribution >= 4 is 21.9 Å². The molecule has 7 nitrogen and oxygen atoms in total. The minimum absolute atomic E-state index is 0.0477. The van der Waals surface area contributed by atoms with E-state index in [0.717, 1.165) is 38.9 Å². The minimum Gasteiger partial charge on any atom is -0.502 e. The predicted octanol–water partition coefficient (Wildman–Crippen LogP) is 4.50. The van der Waals surface area contributed by atoms with Crippen LogP contribution >= 0.6 is 0 Å². The smallest absolute Gasteiger partial charge is 0.200 e. The van der Waals surface area contributed by atoms with Crippen molar-refractivity contribution in [3.63, 3.8) is 0 Å². The lowest BCUT2D eigenvalue weighted by Gasteiger charge is -2.11. The SMILES string of the molecule is COc1cc(-c2nccc3[nH]c(-c4ccc5[nH]ccc5c4)nc23)cc(OC)c1O. The van der Waals surface area contributed by atoms with E-state index in [0.29, 0.717) is 17.2 Å². The monoisotopic (exact) mass is 386 g/mol. The van der Waals surface area contributed by atoms with Crippen LogP contribution in [0.1, 0.15) is 0 Å². The maximum atomic E-state index is 10.2. The van der Waals surface area contributed by atoms with E-state index in [1.165, 1.54) is 14.2 Å². The van der Waals surface area contributed by atoms with Gasteiger partial charge in [0.05, 0.1) is 25.4 Å². The summed E-state index contributed by atoms with van der Waals surface area (Å²) in [6.07, 6.45) is 3.64. The van der Waals surface area contributed by atoms with Gasteiger partial charge in [-0.3, -0.25) is 4.98 Å². The van der Waals surface area contributed by atoms with Gasteiger partial charge in [0.1, 0.15) is 11.3 Å². The first-order valence-electron chi connectivity index (χ1n) is 9.05. The molecule has 0 aliphatic carbocycles. The highest BCUT2D eigenvalue weighted by Crippen LogP contribution is 2.41. The first-order chi connectivity index (χ1) is 14.2. The summed E-state index contributed by atoms with van der Waals surface area (Å²) in [6, 6.07) is 13.5. The molecule has 0 aliphatic rings. The van der Waals surface area contributed by atoms with Gasteiger partial charge in [0.15, 0.2) is 11.5 Å². The normalized spacial score (nSPS) is 11.2. The number of rotatable bonds is 4. The number of imidazole rings is 1. The molecular weight excluding hydrogens is 368 g/mol. The molecule has 3 heterocycles. The molecule has 7 heteroatoms. The van der Waals surface area contributed by atoms with Crippen molar-refractivity contribution in [3.05, 3.63) is 54.9 Å². The second kappa shape index (κ2) is 6.56. The Labute approximate surface area is 166 Å². The second-order valence-electron chi connectivity index (χ2n) is 6.65. The van der Waals surface area contributed by atoms with E-state index in [9.17, 15) is 5.11 Å². The third-order valence-corrected chi connectivity index (χ3v) is 4.98. The molecule has 0 bridgehead atoms. The van der Waals surface area contributed by atoms with Crippen LogP contribution in [-0.2, 0) is 0 Å². The summed E-state index contributed by atoms with van der Waals surface area (Å²) in [6.45, 7) is 0. The van der Waals surface area contributed by atoms with Crippen molar-refractivity contribution < 1.29 is 14.6 Å². The van der Waals surface area contributed by atoms with Gasteiger partial charge in [-0.2, -0.15) is 0 Å². The van der Waals surface area contributed by atoms with Crippen molar-refractivity contribution in [2.75, 3.05) is 14.2 Å². The molecule has 0 aliphatic heterocycles. The first kappa shape index (κ1) is 17.1. The number of hydrogen-bond acceptors (Lipinski definition) is 5. The van der Waals surface area contributed by atoms with Crippen LogP contribution in [0.5, 0.6) is 17.2 Å². The highest BCUT2D eigenvalue weighted by atomic mass is 16.5. The maximum absolute atomic E-state index is 10.2. The molecular formula is C22H18N4O3. The highest BCUT2D eigenvalue weighted by molar-refractivity contribution is 5.93. The molecule has 2 aromatic carbocycles. The summed E-state index contributed by atoms with van der Waals surface area (Å²) in [5.41, 5.74) is 5.07. The molecule has 5 aromatic rings. The van der Waals surface area contributed by atoms with Gasteiger partial charge in [-0.25, -0.2) is 4.98 Å². The number of ether oxygens (including phenoxy) is 2. The molecule has 0 fully saturated rings. The number of pyridine rings is 1. The van der Waals surface area contributed by atoms with Crippen LogP contribution in [0.3, 0.4) is 0 Å². The van der Waals surface area contributed by atoms with E-state index in [-0.39, 0.29) is 5.75 Å². The molecule has 0 radical (unpaired) electrons. The number of nitrogens with one attached hydrogen (secondary N) is 2. The molecule has 29 heavy (non-hydrogen) atoms. The summed E-state index contributed by atoms with van der Waals surface area (Å²) in [5.74, 6) is 1.34. The van der Waals surface area contributed by atoms with Crippen molar-refractivity contribution in [1.82, 2.24) is 19.9 Å². The average Bonchev–Trinajstić information content (AvgIpc) is 3.39. The van der Waals surface area contributed by atoms with E-state index in [4.69, 9.17) is 14.5 Å². The zero-order valence-electron chi connectivity index (χ0n) is 15.9. The van der Waals surface area contributed by atoms with Crippen LogP contribution in [0.15, 0.2) is 54.9 Å². The Bertz CT molecular complexity index is 1330. The topological polar surface area (TPSA) is 96.1 Å². The molecule has 144 valence electrons. The minimum atomic E-state index is -0.0477. The molecule has 0 saturated carbocycles. The number of aromatic amines is 2. The molecule has 3 N–H and O–H groups in total. The van der Waals surface area contributed by atoms with Gasteiger partial charge in [-0.15, -0.1) is 0 Å². The van der Waals surface area contributed by atoms with E-state index in [1.54, 1.807) is 18.3 Å². The summed E-state index contributed by atoms with van der Waals surface area (Å²) in [5, 5.41) is 11.3. The van der Waals surface area contributed by atoms with Crippen molar-refractivity contribution in [2.24, 2.45) is 0 Å². The van der Waals surface area contributed by atoms with Gasteiger partial charge in [-0.05, 0) is 42.5 Å². The first-order valence-corrected chi connectivity index (χ1v) is 9.05. The predicted molar refractivity (Wildman–Crippen MR) is 111 cm³/mol. The van der Waals surface area contributed by atoms with E-state index < -0.39 is 0 Å². The number of aromatic nitrogens is 4. The Morgan fingerprint density at radius 3 is 2.45 bits per heavy atom. The highest BCUT2D eigenvalue weighted by Gasteiger charge is 2.17. The number of fused-ring (bicyclic) bond motifs is 2. The molecule has 3 aromatic heterocycles. The number of nitrogens with zero attached hydrogens (tertiary/aromatic N) is 2. The molecule has 5 rings (SSSR count). The average molecular weight is 386 g/mol. The number of phenolic OH excluding ortho intramolecular Hbond substituents is 1. The summed E-state index contributed by atoms with van der Waals surface area (Å²) in [4.78, 5) is 15.9. The Hall–Kier alpha value is -4.00. The van der Waals surface area contributed by atoms with Crippen molar-refractivity contribution in [2.45, 2.75) is 0 Å². The van der Waals surface area contributed by atoms with Crippen LogP contribution in [0.25, 0.3) is 44.6 Å². The van der Waals surface area contributed by atoms with Gasteiger partial charge in [0.25, 0.3) is 0 Å². The third-order valence-electron chi connectivity index (χ3n) is 4.98. The van der Waals surface area contributed by atoms with Gasteiger partial charge in [0, 0.05) is 34.4 Å². The Morgan fingerprint density at radius 1 is 0.897 bits per heavy atom. The van der Waals surface area contributed by atoms with Crippen molar-refractivity contribution in [1.29, 1.82) is 0 Å². The Balaban J connectivity index is 1.68. The van der Waals surface area contributed by atoms with Crippen LogP contribution in [0.4, 0.5) is 0 Å². The van der Waals surface area contributed by atoms with Crippen LogP contribution in [-0.4, -0.2) is 39.3 Å². The summed E-state index contributed by atoms with van der Waals surface area (Å²) in [7, 11) is 2.99. The van der Waals surface area contributed by atoms with E-state index >= 15 is 0 Å². The summed E-state index contributed by atoms with van der Waals surface area (Å²) >= 11 is 0. The molecule has 0 unspecified atom stereocenters. The molecule has 0 amide bonds. The Morgan fingerprint density at radius 2 is 1.69 bits per heavy atom. The quantitative estimate of drug-likeness (QED) is 0.423. The summed E-state index contributed by atoms with van der Waals surface area (Å²) < 4.78 is 10.6. The number of methoxy groups -OCH3 is 2. The van der Waals surface area contributed by atoms with Crippen LogP contribution in [0, 0.1) is 0 Å². The number of H-pyrrole nitrogens is 2. The molecule has 0 saturated heterocycles. The lowest BCUT2D eigenvalue weighted by atomic mass is 10.1. The number of hydrogen-bond donors (Lipinski definition) is 3. The lowest BCUT2D eigenvalue weighted by Crippen LogP contribution is -1.92. The van der Waals surface area contributed by atoms with Crippen LogP contribution < -0.4 is 9.47 Å². The van der Waals surface area contributed by atoms with Crippen LogP contribution in [0.2, 0.25) is 0 Å². The van der Waals surface area contributed by atoms with E-state index in [2.05, 4.69) is 21.0 Å². The molecule has 0 spiro atoms. The second-order valence-corrected chi connectivity index (χ2v) is 6.65. The fourth-order valence-corrected chi connectivity index (χ4v) is 3.51. The molecule has 0 atom stereocenters. The van der Waals surface area contributed by atoms with Crippen molar-refractivity contribution in [3.8, 4) is 39.9 Å². The van der Waals surface area contributed by atoms with Gasteiger partial charge in [0.2, 0.25) is 5.75 Å². The maximum Gasteiger partial charge on any atom is 0.200 e. The van der Waals surface area contributed by atoms with E-state index in [1.807, 2.05) is 30.5 Å². The fraction of sp³-hybridized carbons (Fsp3) is 0.0909. The number of phenols is 1.